The van der Waals surface area contributed by atoms with Crippen molar-refractivity contribution in [2.24, 2.45) is 4.99 Å². The third kappa shape index (κ3) is 3.75. The number of hydrogen-bond acceptors (Lipinski definition) is 4. The third-order valence-corrected chi connectivity index (χ3v) is 6.01. The van der Waals surface area contributed by atoms with E-state index in [2.05, 4.69) is 45.9 Å². The second-order valence-corrected chi connectivity index (χ2v) is 9.85. The Morgan fingerprint density at radius 2 is 1.56 bits per heavy atom. The van der Waals surface area contributed by atoms with Gasteiger partial charge in [0, 0.05) is 23.1 Å². The Kier molecular flexibility index (Phi) is 4.77. The summed E-state index contributed by atoms with van der Waals surface area (Å²) in [5.41, 5.74) is 5.29. The molecule has 4 heteroatoms. The largest absolute Gasteiger partial charge is 0.493 e. The van der Waals surface area contributed by atoms with E-state index in [1.54, 1.807) is 7.11 Å². The summed E-state index contributed by atoms with van der Waals surface area (Å²) in [6.45, 7) is 8.61. The van der Waals surface area contributed by atoms with Crippen molar-refractivity contribution in [3.63, 3.8) is 0 Å². The molecule has 2 aliphatic heterocycles. The highest BCUT2D eigenvalue weighted by Crippen LogP contribution is 2.47. The minimum absolute atomic E-state index is 0.199. The lowest BCUT2D eigenvalue weighted by Gasteiger charge is -2.31. The molecule has 32 heavy (non-hydrogen) atoms. The summed E-state index contributed by atoms with van der Waals surface area (Å²) in [6.07, 6.45) is 1.70. The van der Waals surface area contributed by atoms with Crippen molar-refractivity contribution in [1.82, 2.24) is 0 Å². The van der Waals surface area contributed by atoms with Gasteiger partial charge in [-0.3, -0.25) is 4.99 Å². The summed E-state index contributed by atoms with van der Waals surface area (Å²) in [6, 6.07) is 20.2. The molecule has 0 N–H and O–H groups in total. The highest BCUT2D eigenvalue weighted by atomic mass is 16.5. The number of fused-ring (bicyclic) bond motifs is 3. The lowest BCUT2D eigenvalue weighted by Crippen LogP contribution is -2.30. The molecule has 0 amide bonds. The Morgan fingerprint density at radius 3 is 2.25 bits per heavy atom. The third-order valence-electron chi connectivity index (χ3n) is 6.01. The van der Waals surface area contributed by atoms with Gasteiger partial charge in [0.25, 0.3) is 0 Å². The van der Waals surface area contributed by atoms with Crippen LogP contribution in [0.25, 0.3) is 0 Å². The molecule has 5 rings (SSSR count). The van der Waals surface area contributed by atoms with Crippen LogP contribution in [0.3, 0.4) is 0 Å². The minimum atomic E-state index is -0.268. The van der Waals surface area contributed by atoms with Gasteiger partial charge >= 0.3 is 0 Å². The zero-order chi connectivity index (χ0) is 22.5. The van der Waals surface area contributed by atoms with Crippen LogP contribution in [0.5, 0.6) is 23.0 Å². The van der Waals surface area contributed by atoms with Crippen molar-refractivity contribution in [3.05, 3.63) is 82.9 Å². The molecule has 0 spiro atoms. The molecular weight excluding hydrogens is 398 g/mol. The van der Waals surface area contributed by atoms with Crippen LogP contribution in [0.4, 0.5) is 0 Å². The van der Waals surface area contributed by atoms with Crippen LogP contribution >= 0.6 is 0 Å². The second kappa shape index (κ2) is 7.40. The molecule has 0 aliphatic carbocycles. The molecule has 0 fully saturated rings. The summed E-state index contributed by atoms with van der Waals surface area (Å²) < 4.78 is 18.0. The van der Waals surface area contributed by atoms with E-state index in [0.29, 0.717) is 0 Å². The van der Waals surface area contributed by atoms with Crippen LogP contribution in [0.15, 0.2) is 65.7 Å². The first-order valence-electron chi connectivity index (χ1n) is 11.1. The van der Waals surface area contributed by atoms with E-state index in [0.717, 1.165) is 47.1 Å². The molecule has 0 saturated carbocycles. The van der Waals surface area contributed by atoms with Gasteiger partial charge < -0.3 is 14.2 Å². The van der Waals surface area contributed by atoms with E-state index in [-0.39, 0.29) is 11.1 Å². The van der Waals surface area contributed by atoms with Crippen molar-refractivity contribution >= 4 is 5.71 Å². The van der Waals surface area contributed by atoms with Gasteiger partial charge in [-0.1, -0.05) is 18.2 Å². The molecule has 0 saturated heterocycles. The van der Waals surface area contributed by atoms with Crippen molar-refractivity contribution < 1.29 is 14.2 Å². The summed E-state index contributed by atoms with van der Waals surface area (Å²) in [7, 11) is 1.71. The van der Waals surface area contributed by atoms with Crippen LogP contribution in [-0.4, -0.2) is 24.0 Å². The lowest BCUT2D eigenvalue weighted by atomic mass is 9.81. The molecule has 2 aliphatic rings. The maximum absolute atomic E-state index is 6.30. The molecule has 0 radical (unpaired) electrons. The molecule has 0 bridgehead atoms. The van der Waals surface area contributed by atoms with Crippen molar-refractivity contribution in [3.8, 4) is 23.0 Å². The molecule has 3 aromatic rings. The topological polar surface area (TPSA) is 40.0 Å². The molecule has 4 nitrogen and oxygen atoms in total. The highest BCUT2D eigenvalue weighted by Gasteiger charge is 2.39. The first-order chi connectivity index (χ1) is 15.2. The van der Waals surface area contributed by atoms with E-state index in [1.165, 1.54) is 16.7 Å². The zero-order valence-electron chi connectivity index (χ0n) is 19.4. The summed E-state index contributed by atoms with van der Waals surface area (Å²) in [4.78, 5) is 5.20. The van der Waals surface area contributed by atoms with Gasteiger partial charge in [0.2, 0.25) is 0 Å². The van der Waals surface area contributed by atoms with Crippen molar-refractivity contribution in [2.45, 2.75) is 51.7 Å². The van der Waals surface area contributed by atoms with E-state index in [9.17, 15) is 0 Å². The van der Waals surface area contributed by atoms with Crippen molar-refractivity contribution in [2.75, 3.05) is 7.11 Å². The van der Waals surface area contributed by atoms with Gasteiger partial charge in [-0.2, -0.15) is 0 Å². The fourth-order valence-corrected chi connectivity index (χ4v) is 4.74. The second-order valence-electron chi connectivity index (χ2n) is 9.85. The number of methoxy groups -OCH3 is 1. The molecule has 2 heterocycles. The Hall–Kier alpha value is -3.27. The SMILES string of the molecule is COc1cc2c(c3c1OC(C)(C)C3)C(c1ccc(Oc3ccccc3)cc1)=NC(C)(C)C2. The zero-order valence-corrected chi connectivity index (χ0v) is 19.4. The summed E-state index contributed by atoms with van der Waals surface area (Å²) in [5, 5.41) is 0. The van der Waals surface area contributed by atoms with Gasteiger partial charge in [0.1, 0.15) is 17.1 Å². The number of aliphatic imine (C=N–C) groups is 1. The first kappa shape index (κ1) is 20.6. The molecule has 0 atom stereocenters. The standard InChI is InChI=1S/C28H29NO3/c1-27(2)16-19-15-23(30-5)26-22(17-28(3,4)32-26)24(19)25(29-27)18-11-13-21(14-12-18)31-20-9-7-6-8-10-20/h6-15H,16-17H2,1-5H3. The molecule has 0 aromatic heterocycles. The number of benzene rings is 3. The number of hydrogen-bond donors (Lipinski definition) is 0. The maximum atomic E-state index is 6.30. The monoisotopic (exact) mass is 427 g/mol. The minimum Gasteiger partial charge on any atom is -0.493 e. The Bertz CT molecular complexity index is 1190. The van der Waals surface area contributed by atoms with Gasteiger partial charge in [-0.05, 0) is 82.1 Å². The van der Waals surface area contributed by atoms with Crippen LogP contribution in [0.1, 0.15) is 49.9 Å². The first-order valence-corrected chi connectivity index (χ1v) is 11.1. The Balaban J connectivity index is 1.58. The number of ether oxygens (including phenoxy) is 3. The predicted octanol–water partition coefficient (Wildman–Crippen LogP) is 6.37. The maximum Gasteiger partial charge on any atom is 0.166 e. The molecular formula is C28H29NO3. The van der Waals surface area contributed by atoms with E-state index >= 15 is 0 Å². The van der Waals surface area contributed by atoms with E-state index in [4.69, 9.17) is 19.2 Å². The fraction of sp³-hybridized carbons (Fsp3) is 0.321. The van der Waals surface area contributed by atoms with E-state index < -0.39 is 0 Å². The quantitative estimate of drug-likeness (QED) is 0.485. The van der Waals surface area contributed by atoms with Crippen LogP contribution < -0.4 is 14.2 Å². The van der Waals surface area contributed by atoms with Crippen LogP contribution in [-0.2, 0) is 12.8 Å². The summed E-state index contributed by atoms with van der Waals surface area (Å²) >= 11 is 0. The van der Waals surface area contributed by atoms with Crippen LogP contribution in [0.2, 0.25) is 0 Å². The normalized spacial score (nSPS) is 17.6. The Labute approximate surface area is 189 Å². The van der Waals surface area contributed by atoms with Gasteiger partial charge in [-0.25, -0.2) is 0 Å². The van der Waals surface area contributed by atoms with E-state index in [1.807, 2.05) is 42.5 Å². The highest BCUT2D eigenvalue weighted by molar-refractivity contribution is 6.16. The van der Waals surface area contributed by atoms with Crippen LogP contribution in [0, 0.1) is 0 Å². The molecule has 3 aromatic carbocycles. The smallest absolute Gasteiger partial charge is 0.166 e. The predicted molar refractivity (Wildman–Crippen MR) is 128 cm³/mol. The average Bonchev–Trinajstić information content (AvgIpc) is 3.08. The number of rotatable bonds is 4. The van der Waals surface area contributed by atoms with Gasteiger partial charge in [-0.15, -0.1) is 0 Å². The summed E-state index contributed by atoms with van der Waals surface area (Å²) in [5.74, 6) is 3.30. The number of para-hydroxylation sites is 1. The fourth-order valence-electron chi connectivity index (χ4n) is 4.74. The average molecular weight is 428 g/mol. The molecule has 0 unspecified atom stereocenters. The Morgan fingerprint density at radius 1 is 0.875 bits per heavy atom. The van der Waals surface area contributed by atoms with Gasteiger partial charge in [0.15, 0.2) is 11.5 Å². The van der Waals surface area contributed by atoms with Crippen molar-refractivity contribution in [1.29, 1.82) is 0 Å². The lowest BCUT2D eigenvalue weighted by molar-refractivity contribution is 0.134. The number of nitrogens with zero attached hydrogens (tertiary/aromatic N) is 1. The molecule has 164 valence electrons. The van der Waals surface area contributed by atoms with Gasteiger partial charge in [0.05, 0.1) is 18.4 Å².